The minimum absolute atomic E-state index is 0.0771. The van der Waals surface area contributed by atoms with Crippen LogP contribution >= 0.6 is 0 Å². The van der Waals surface area contributed by atoms with E-state index >= 15 is 0 Å². The van der Waals surface area contributed by atoms with Gasteiger partial charge in [0.2, 0.25) is 5.91 Å². The molecule has 3 aliphatic carbocycles. The number of hydrogen-bond donors (Lipinski definition) is 1. The van der Waals surface area contributed by atoms with Gasteiger partial charge < -0.3 is 23.9 Å². The van der Waals surface area contributed by atoms with Crippen LogP contribution in [0, 0.1) is 18.8 Å². The molecule has 11 nitrogen and oxygen atoms in total. The molecular weight excluding hydrogens is 610 g/mol. The number of nitrogens with zero attached hydrogens (tertiary/aromatic N) is 5. The second-order valence-electron chi connectivity index (χ2n) is 13.6. The summed E-state index contributed by atoms with van der Waals surface area (Å²) in [5.41, 5.74) is 3.68. The van der Waals surface area contributed by atoms with E-state index in [0.717, 1.165) is 72.8 Å². The molecule has 3 heterocycles. The summed E-state index contributed by atoms with van der Waals surface area (Å²) in [6.45, 7) is 5.07. The minimum atomic E-state index is -0.405. The van der Waals surface area contributed by atoms with E-state index in [1.807, 2.05) is 36.9 Å². The monoisotopic (exact) mass is 659 g/mol. The van der Waals surface area contributed by atoms with E-state index in [1.165, 1.54) is 4.90 Å². The molecule has 0 unspecified atom stereocenters. The van der Waals surface area contributed by atoms with E-state index in [9.17, 15) is 14.7 Å². The fourth-order valence-corrected chi connectivity index (χ4v) is 7.23. The predicted molar refractivity (Wildman–Crippen MR) is 181 cm³/mol. The Hall–Kier alpha value is -3.99. The van der Waals surface area contributed by atoms with Gasteiger partial charge in [-0.1, -0.05) is 0 Å². The number of anilines is 1. The average molecular weight is 660 g/mol. The second-order valence-corrected chi connectivity index (χ2v) is 13.6. The predicted octanol–water partition coefficient (Wildman–Crippen LogP) is 6.64. The van der Waals surface area contributed by atoms with Crippen LogP contribution in [0.5, 0.6) is 5.75 Å². The van der Waals surface area contributed by atoms with Gasteiger partial charge in [-0.05, 0) is 108 Å². The zero-order chi connectivity index (χ0) is 33.6. The highest BCUT2D eigenvalue weighted by Gasteiger charge is 2.35. The van der Waals surface area contributed by atoms with E-state index in [2.05, 4.69) is 6.07 Å². The zero-order valence-corrected chi connectivity index (χ0v) is 28.5. The lowest BCUT2D eigenvalue weighted by Gasteiger charge is -2.35. The van der Waals surface area contributed by atoms with Gasteiger partial charge in [-0.2, -0.15) is 0 Å². The molecule has 6 rings (SSSR count). The Morgan fingerprint density at radius 3 is 2.40 bits per heavy atom. The Bertz CT molecular complexity index is 1540. The van der Waals surface area contributed by atoms with Crippen molar-refractivity contribution in [2.24, 2.45) is 11.8 Å². The molecule has 0 radical (unpaired) electrons. The minimum Gasteiger partial charge on any atom is -0.495 e. The molecule has 3 aromatic rings. The van der Waals surface area contributed by atoms with Crippen LogP contribution in [-0.2, 0) is 9.53 Å². The molecule has 258 valence electrons. The van der Waals surface area contributed by atoms with Crippen molar-refractivity contribution in [2.75, 3.05) is 38.3 Å². The van der Waals surface area contributed by atoms with Gasteiger partial charge in [0.15, 0.2) is 5.89 Å². The van der Waals surface area contributed by atoms with Crippen molar-refractivity contribution in [1.29, 1.82) is 0 Å². The van der Waals surface area contributed by atoms with Crippen molar-refractivity contribution < 1.29 is 28.6 Å². The van der Waals surface area contributed by atoms with Crippen LogP contribution in [0.15, 0.2) is 41.1 Å². The maximum atomic E-state index is 14.4. The van der Waals surface area contributed by atoms with E-state index in [4.69, 9.17) is 28.8 Å². The van der Waals surface area contributed by atoms with E-state index in [-0.39, 0.29) is 31.1 Å². The largest absolute Gasteiger partial charge is 0.495 e. The summed E-state index contributed by atoms with van der Waals surface area (Å²) in [5.74, 6) is 3.28. The van der Waals surface area contributed by atoms with Crippen LogP contribution in [0.1, 0.15) is 100 Å². The number of aromatic nitrogens is 3. The maximum Gasteiger partial charge on any atom is 0.410 e. The van der Waals surface area contributed by atoms with Gasteiger partial charge in [0.05, 0.1) is 19.4 Å². The van der Waals surface area contributed by atoms with Crippen LogP contribution in [-0.4, -0.2) is 76.4 Å². The summed E-state index contributed by atoms with van der Waals surface area (Å²) in [4.78, 5) is 44.7. The van der Waals surface area contributed by atoms with Crippen molar-refractivity contribution in [3.63, 3.8) is 0 Å². The van der Waals surface area contributed by atoms with Crippen LogP contribution in [0.25, 0.3) is 11.3 Å². The Labute approximate surface area is 283 Å². The molecule has 2 amide bonds. The summed E-state index contributed by atoms with van der Waals surface area (Å²) in [6.07, 6.45) is 11.6. The topological polar surface area (TPSA) is 131 Å². The number of aliphatic hydroxyl groups is 1. The highest BCUT2D eigenvalue weighted by atomic mass is 16.6. The first-order valence-corrected chi connectivity index (χ1v) is 17.7. The number of carbonyl (C=O) groups excluding carboxylic acids is 2. The molecule has 48 heavy (non-hydrogen) atoms. The number of carbonyl (C=O) groups is 2. The summed E-state index contributed by atoms with van der Waals surface area (Å²) in [5, 5.41) is 9.27. The van der Waals surface area contributed by atoms with Gasteiger partial charge in [-0.15, -0.1) is 0 Å². The molecule has 1 N–H and O–H groups in total. The third-order valence-electron chi connectivity index (χ3n) is 10.3. The van der Waals surface area contributed by atoms with Crippen molar-refractivity contribution in [1.82, 2.24) is 19.9 Å². The lowest BCUT2D eigenvalue weighted by atomic mass is 9.79. The number of aryl methyl sites for hydroxylation is 1. The van der Waals surface area contributed by atoms with Gasteiger partial charge in [0, 0.05) is 54.8 Å². The molecule has 3 aromatic heterocycles. The van der Waals surface area contributed by atoms with Gasteiger partial charge in [0.25, 0.3) is 0 Å². The number of amides is 2. The molecule has 0 aliphatic heterocycles. The molecule has 0 saturated heterocycles. The van der Waals surface area contributed by atoms with E-state index < -0.39 is 6.09 Å². The maximum absolute atomic E-state index is 14.4. The number of likely N-dealkylation sites (N-methyl/N-ethyl adjacent to an activating group) is 1. The van der Waals surface area contributed by atoms with Crippen LogP contribution in [0.3, 0.4) is 0 Å². The Morgan fingerprint density at radius 2 is 1.73 bits per heavy atom. The Morgan fingerprint density at radius 1 is 0.979 bits per heavy atom. The SMILES string of the molecule is CCN(CCO)C(=O)OC1CCC(C(=O)N(CC2CCC(c3ccc(OC)c(C)n3)CC2)c2cc(-c3coc(C4CC4)n3)ccn2)CC1. The van der Waals surface area contributed by atoms with Gasteiger partial charge >= 0.3 is 6.09 Å². The number of oxazole rings is 1. The Kier molecular flexibility index (Phi) is 10.9. The Balaban J connectivity index is 1.15. The number of hydrogen-bond acceptors (Lipinski definition) is 9. The molecule has 3 saturated carbocycles. The molecule has 0 spiro atoms. The standard InChI is InChI=1S/C37H49N5O6/c1-4-41(19-20-43)37(45)48-30-13-11-28(12-14-30)36(44)42(34-21-29(17-18-38-34)32-23-47-35(40-32)27-9-10-27)22-25-5-7-26(8-6-25)31-15-16-33(46-3)24(2)39-31/h15-18,21,23,25-28,30,43H,4-14,19-20,22H2,1-3H3. The van der Waals surface area contributed by atoms with Crippen LogP contribution in [0.4, 0.5) is 10.6 Å². The highest BCUT2D eigenvalue weighted by molar-refractivity contribution is 5.94. The quantitative estimate of drug-likeness (QED) is 0.227. The summed E-state index contributed by atoms with van der Waals surface area (Å²) in [7, 11) is 1.67. The summed E-state index contributed by atoms with van der Waals surface area (Å²) in [6, 6.07) is 7.98. The third kappa shape index (κ3) is 7.99. The van der Waals surface area contributed by atoms with Crippen LogP contribution < -0.4 is 9.64 Å². The number of pyridine rings is 2. The molecule has 3 aliphatic rings. The van der Waals surface area contributed by atoms with E-state index in [0.29, 0.717) is 62.3 Å². The number of ether oxygens (including phenoxy) is 2. The summed E-state index contributed by atoms with van der Waals surface area (Å²) >= 11 is 0. The number of methoxy groups -OCH3 is 1. The highest BCUT2D eigenvalue weighted by Crippen LogP contribution is 2.41. The zero-order valence-electron chi connectivity index (χ0n) is 28.5. The summed E-state index contributed by atoms with van der Waals surface area (Å²) < 4.78 is 16.9. The molecule has 3 fully saturated rings. The van der Waals surface area contributed by atoms with Gasteiger partial charge in [-0.3, -0.25) is 14.7 Å². The molecule has 0 bridgehead atoms. The number of aliphatic hydroxyl groups excluding tert-OH is 1. The number of rotatable bonds is 12. The average Bonchev–Trinajstić information content (AvgIpc) is 3.85. The van der Waals surface area contributed by atoms with Crippen LogP contribution in [0.2, 0.25) is 0 Å². The molecular formula is C37H49N5O6. The fourth-order valence-electron chi connectivity index (χ4n) is 7.23. The van der Waals surface area contributed by atoms with Crippen molar-refractivity contribution in [2.45, 2.75) is 96.0 Å². The lowest BCUT2D eigenvalue weighted by molar-refractivity contribution is -0.124. The first kappa shape index (κ1) is 33.9. The van der Waals surface area contributed by atoms with Gasteiger partial charge in [-0.25, -0.2) is 14.8 Å². The molecule has 11 heteroatoms. The van der Waals surface area contributed by atoms with Crippen molar-refractivity contribution in [3.8, 4) is 17.0 Å². The van der Waals surface area contributed by atoms with Crippen molar-refractivity contribution in [3.05, 3.63) is 54.0 Å². The van der Waals surface area contributed by atoms with E-state index in [1.54, 1.807) is 19.6 Å². The first-order valence-electron chi connectivity index (χ1n) is 17.7. The van der Waals surface area contributed by atoms with Crippen molar-refractivity contribution >= 4 is 17.8 Å². The molecule has 0 aromatic carbocycles. The fraction of sp³-hybridized carbons (Fsp3) is 0.595. The molecule has 0 atom stereocenters. The second kappa shape index (κ2) is 15.5. The third-order valence-corrected chi connectivity index (χ3v) is 10.3. The van der Waals surface area contributed by atoms with Gasteiger partial charge in [0.1, 0.15) is 29.6 Å². The first-order chi connectivity index (χ1) is 23.4. The normalized spacial score (nSPS) is 22.6. The lowest BCUT2D eigenvalue weighted by Crippen LogP contribution is -2.43. The smallest absolute Gasteiger partial charge is 0.410 e.